The van der Waals surface area contributed by atoms with Crippen LogP contribution in [0.15, 0.2) is 36.5 Å². The summed E-state index contributed by atoms with van der Waals surface area (Å²) in [5.74, 6) is 0.678. The summed E-state index contributed by atoms with van der Waals surface area (Å²) < 4.78 is 2.14. The first-order chi connectivity index (χ1) is 15.5. The summed E-state index contributed by atoms with van der Waals surface area (Å²) in [6.45, 7) is 9.12. The molecule has 2 N–H and O–H groups in total. The Kier molecular flexibility index (Phi) is 6.60. The second-order valence-electron chi connectivity index (χ2n) is 8.27. The van der Waals surface area contributed by atoms with Crippen LogP contribution in [0.2, 0.25) is 0 Å². The van der Waals surface area contributed by atoms with Crippen molar-refractivity contribution in [1.29, 1.82) is 0 Å². The number of carbonyl (C=O) groups is 1. The summed E-state index contributed by atoms with van der Waals surface area (Å²) in [4.78, 5) is 25.0. The van der Waals surface area contributed by atoms with Gasteiger partial charge in [-0.15, -0.1) is 0 Å². The van der Waals surface area contributed by atoms with E-state index in [1.54, 1.807) is 6.92 Å². The van der Waals surface area contributed by atoms with Gasteiger partial charge in [0.15, 0.2) is 0 Å². The third-order valence-corrected chi connectivity index (χ3v) is 6.34. The normalized spacial score (nSPS) is 14.4. The van der Waals surface area contributed by atoms with Crippen LogP contribution >= 0.6 is 0 Å². The average Bonchev–Trinajstić information content (AvgIpc) is 3.18. The summed E-state index contributed by atoms with van der Waals surface area (Å²) in [7, 11) is 0. The summed E-state index contributed by atoms with van der Waals surface area (Å²) >= 11 is 0. The molecular formula is C24H32N6O2. The molecule has 0 aliphatic carbocycles. The molecule has 0 saturated carbocycles. The topological polar surface area (TPSA) is 86.5 Å². The summed E-state index contributed by atoms with van der Waals surface area (Å²) in [5, 5.41) is 14.1. The van der Waals surface area contributed by atoms with Gasteiger partial charge in [-0.3, -0.25) is 4.79 Å². The zero-order valence-electron chi connectivity index (χ0n) is 19.1. The zero-order chi connectivity index (χ0) is 22.7. The van der Waals surface area contributed by atoms with Gasteiger partial charge >= 0.3 is 0 Å². The van der Waals surface area contributed by atoms with Crippen LogP contribution < -0.4 is 10.2 Å². The van der Waals surface area contributed by atoms with E-state index in [1.807, 2.05) is 29.3 Å². The van der Waals surface area contributed by atoms with Crippen molar-refractivity contribution in [3.8, 4) is 0 Å². The van der Waals surface area contributed by atoms with E-state index < -0.39 is 0 Å². The highest BCUT2D eigenvalue weighted by atomic mass is 16.3. The number of aromatic nitrogens is 3. The second kappa shape index (κ2) is 9.56. The predicted octanol–water partition coefficient (Wildman–Crippen LogP) is 3.70. The highest BCUT2D eigenvalue weighted by molar-refractivity contribution is 5.78. The quantitative estimate of drug-likeness (QED) is 0.587. The first kappa shape index (κ1) is 22.1. The van der Waals surface area contributed by atoms with Crippen molar-refractivity contribution in [3.05, 3.63) is 42.2 Å². The Morgan fingerprint density at radius 2 is 1.81 bits per heavy atom. The van der Waals surface area contributed by atoms with Crippen LogP contribution in [-0.4, -0.2) is 56.6 Å². The van der Waals surface area contributed by atoms with Crippen molar-refractivity contribution in [1.82, 2.24) is 19.4 Å². The van der Waals surface area contributed by atoms with Gasteiger partial charge in [0, 0.05) is 67.8 Å². The number of anilines is 3. The van der Waals surface area contributed by atoms with Crippen molar-refractivity contribution >= 4 is 34.3 Å². The van der Waals surface area contributed by atoms with E-state index in [0.29, 0.717) is 12.0 Å². The van der Waals surface area contributed by atoms with E-state index in [0.717, 1.165) is 67.1 Å². The molecule has 1 aromatic carbocycles. The van der Waals surface area contributed by atoms with Gasteiger partial charge in [0.2, 0.25) is 11.9 Å². The zero-order valence-corrected chi connectivity index (χ0v) is 19.1. The molecule has 32 heavy (non-hydrogen) atoms. The molecule has 0 radical (unpaired) electrons. The number of fused-ring (bicyclic) bond motifs is 1. The molecule has 3 heterocycles. The molecule has 0 atom stereocenters. The fraction of sp³-hybridized carbons (Fsp3) is 0.458. The van der Waals surface area contributed by atoms with Gasteiger partial charge in [-0.1, -0.05) is 13.8 Å². The van der Waals surface area contributed by atoms with Crippen LogP contribution in [0.4, 0.5) is 17.3 Å². The van der Waals surface area contributed by atoms with Crippen LogP contribution in [-0.2, 0) is 11.4 Å². The first-order valence-corrected chi connectivity index (χ1v) is 11.4. The third kappa shape index (κ3) is 4.41. The summed E-state index contributed by atoms with van der Waals surface area (Å²) in [6, 6.07) is 10.5. The number of amides is 1. The summed E-state index contributed by atoms with van der Waals surface area (Å²) in [6.07, 6.45) is 3.76. The van der Waals surface area contributed by atoms with E-state index >= 15 is 0 Å². The lowest BCUT2D eigenvalue weighted by Gasteiger charge is -2.35. The molecule has 4 rings (SSSR count). The molecule has 1 aliphatic rings. The molecule has 0 spiro atoms. The molecule has 0 bridgehead atoms. The lowest BCUT2D eigenvalue weighted by Crippen LogP contribution is -2.48. The molecule has 1 aliphatic heterocycles. The van der Waals surface area contributed by atoms with E-state index in [2.05, 4.69) is 45.7 Å². The number of benzene rings is 1. The molecule has 8 heteroatoms. The van der Waals surface area contributed by atoms with Crippen molar-refractivity contribution in [2.45, 2.75) is 46.3 Å². The highest BCUT2D eigenvalue weighted by Crippen LogP contribution is 2.28. The Balaban J connectivity index is 1.51. The molecular weight excluding hydrogens is 404 g/mol. The maximum atomic E-state index is 11.5. The van der Waals surface area contributed by atoms with Crippen LogP contribution in [0, 0.1) is 0 Å². The molecule has 3 aromatic rings. The Morgan fingerprint density at radius 1 is 1.12 bits per heavy atom. The maximum Gasteiger partial charge on any atom is 0.229 e. The van der Waals surface area contributed by atoms with E-state index in [9.17, 15) is 9.90 Å². The molecule has 1 saturated heterocycles. The Hall–Kier alpha value is -3.13. The number of nitrogens with one attached hydrogen (secondary N) is 1. The number of piperazine rings is 1. The lowest BCUT2D eigenvalue weighted by molar-refractivity contribution is -0.129. The summed E-state index contributed by atoms with van der Waals surface area (Å²) in [5.41, 5.74) is 3.78. The van der Waals surface area contributed by atoms with Crippen LogP contribution in [0.5, 0.6) is 0 Å². The van der Waals surface area contributed by atoms with E-state index in [1.165, 1.54) is 0 Å². The SMILES string of the molecule is CCC(CC)n1c(CO)cc2cnc(Nc3ccc(N4CCN(C(C)=O)CC4)cc3)nc21. The average molecular weight is 437 g/mol. The minimum Gasteiger partial charge on any atom is -0.390 e. The largest absolute Gasteiger partial charge is 0.390 e. The minimum atomic E-state index is -0.0161. The van der Waals surface area contributed by atoms with Crippen LogP contribution in [0.1, 0.15) is 45.3 Å². The standard InChI is InChI=1S/C24H32N6O2/c1-4-20(5-2)30-22(16-31)14-18-15-25-24(27-23(18)30)26-19-6-8-21(9-7-19)29-12-10-28(11-13-29)17(3)32/h6-9,14-15,20,31H,4-5,10-13,16H2,1-3H3,(H,25,26,27). The fourth-order valence-corrected chi connectivity index (χ4v) is 4.47. The molecule has 1 fully saturated rings. The Morgan fingerprint density at radius 3 is 2.41 bits per heavy atom. The number of aliphatic hydroxyl groups excluding tert-OH is 1. The number of aliphatic hydroxyl groups is 1. The van der Waals surface area contributed by atoms with Crippen molar-refractivity contribution < 1.29 is 9.90 Å². The van der Waals surface area contributed by atoms with Crippen LogP contribution in [0.25, 0.3) is 11.0 Å². The number of hydrogen-bond acceptors (Lipinski definition) is 6. The lowest BCUT2D eigenvalue weighted by atomic mass is 10.1. The molecule has 170 valence electrons. The highest BCUT2D eigenvalue weighted by Gasteiger charge is 2.19. The molecule has 2 aromatic heterocycles. The van der Waals surface area contributed by atoms with Gasteiger partial charge in [0.25, 0.3) is 0 Å². The third-order valence-electron chi connectivity index (χ3n) is 6.34. The Labute approximate surface area is 188 Å². The van der Waals surface area contributed by atoms with Gasteiger partial charge in [-0.25, -0.2) is 4.98 Å². The number of carbonyl (C=O) groups excluding carboxylic acids is 1. The first-order valence-electron chi connectivity index (χ1n) is 11.4. The van der Waals surface area contributed by atoms with Crippen LogP contribution in [0.3, 0.4) is 0 Å². The van der Waals surface area contributed by atoms with E-state index in [4.69, 9.17) is 4.98 Å². The number of rotatable bonds is 7. The van der Waals surface area contributed by atoms with Crippen molar-refractivity contribution in [2.24, 2.45) is 0 Å². The predicted molar refractivity (Wildman–Crippen MR) is 127 cm³/mol. The second-order valence-corrected chi connectivity index (χ2v) is 8.27. The number of nitrogens with zero attached hydrogens (tertiary/aromatic N) is 5. The van der Waals surface area contributed by atoms with Crippen molar-refractivity contribution in [2.75, 3.05) is 36.4 Å². The smallest absolute Gasteiger partial charge is 0.229 e. The molecule has 8 nitrogen and oxygen atoms in total. The van der Waals surface area contributed by atoms with Crippen molar-refractivity contribution in [3.63, 3.8) is 0 Å². The number of hydrogen-bond donors (Lipinski definition) is 2. The monoisotopic (exact) mass is 436 g/mol. The molecule has 1 amide bonds. The molecule has 0 unspecified atom stereocenters. The van der Waals surface area contributed by atoms with Gasteiger partial charge in [-0.05, 0) is 43.2 Å². The van der Waals surface area contributed by atoms with Gasteiger partial charge in [0.1, 0.15) is 5.65 Å². The van der Waals surface area contributed by atoms with E-state index in [-0.39, 0.29) is 12.5 Å². The maximum absolute atomic E-state index is 11.5. The minimum absolute atomic E-state index is 0.0161. The van der Waals surface area contributed by atoms with Gasteiger partial charge in [0.05, 0.1) is 6.61 Å². The Bertz CT molecular complexity index is 1070. The van der Waals surface area contributed by atoms with Gasteiger partial charge in [-0.2, -0.15) is 4.98 Å². The fourth-order valence-electron chi connectivity index (χ4n) is 4.47. The van der Waals surface area contributed by atoms with Gasteiger partial charge < -0.3 is 24.8 Å².